The molecule has 21 heavy (non-hydrogen) atoms. The van der Waals surface area contributed by atoms with E-state index in [1.54, 1.807) is 27.6 Å². The number of carbonyl (C=O) groups is 2. The number of amides is 2. The molecular weight excluding hydrogens is 272 g/mol. The Labute approximate surface area is 124 Å². The summed E-state index contributed by atoms with van der Waals surface area (Å²) in [5, 5.41) is 11.1. The van der Waals surface area contributed by atoms with Gasteiger partial charge in [-0.2, -0.15) is 0 Å². The lowest BCUT2D eigenvalue weighted by Gasteiger charge is -2.34. The lowest BCUT2D eigenvalue weighted by molar-refractivity contribution is -0.138. The number of piperazine rings is 1. The van der Waals surface area contributed by atoms with Crippen molar-refractivity contribution >= 4 is 11.8 Å². The molecule has 1 saturated heterocycles. The first kappa shape index (κ1) is 15.4. The summed E-state index contributed by atoms with van der Waals surface area (Å²) in [6, 6.07) is 0. The molecule has 2 heterocycles. The van der Waals surface area contributed by atoms with Gasteiger partial charge in [-0.1, -0.05) is 12.1 Å². The van der Waals surface area contributed by atoms with E-state index in [-0.39, 0.29) is 18.4 Å². The highest BCUT2D eigenvalue weighted by atomic mass is 16.2. The van der Waals surface area contributed by atoms with Crippen LogP contribution in [-0.4, -0.2) is 69.3 Å². The van der Waals surface area contributed by atoms with Gasteiger partial charge in [0.1, 0.15) is 6.54 Å². The lowest BCUT2D eigenvalue weighted by Crippen LogP contribution is -2.50. The molecule has 1 fully saturated rings. The molecule has 116 valence electrons. The molecule has 0 aromatic carbocycles. The molecule has 2 amide bonds. The fourth-order valence-electron chi connectivity index (χ4n) is 2.26. The highest BCUT2D eigenvalue weighted by Gasteiger charge is 2.22. The summed E-state index contributed by atoms with van der Waals surface area (Å²) in [5.41, 5.74) is 0.825. The van der Waals surface area contributed by atoms with E-state index in [1.165, 1.54) is 0 Å². The van der Waals surface area contributed by atoms with Gasteiger partial charge in [-0.05, 0) is 6.54 Å². The minimum absolute atomic E-state index is 0.0121. The molecule has 0 aliphatic carbocycles. The molecule has 1 aromatic rings. The third-order valence-corrected chi connectivity index (χ3v) is 3.52. The Bertz CT molecular complexity index is 493. The third-order valence-electron chi connectivity index (χ3n) is 3.52. The number of nitrogens with zero attached hydrogens (tertiary/aromatic N) is 5. The molecule has 1 aliphatic rings. The van der Waals surface area contributed by atoms with Crippen molar-refractivity contribution < 1.29 is 9.59 Å². The molecule has 0 saturated carbocycles. The zero-order chi connectivity index (χ0) is 15.2. The maximum Gasteiger partial charge on any atom is 0.244 e. The average Bonchev–Trinajstić information content (AvgIpc) is 2.92. The Hall–Kier alpha value is -1.96. The molecule has 0 bridgehead atoms. The van der Waals surface area contributed by atoms with Crippen LogP contribution in [0.2, 0.25) is 0 Å². The van der Waals surface area contributed by atoms with E-state index in [4.69, 9.17) is 0 Å². The number of hydrogen-bond acceptors (Lipinski definition) is 5. The van der Waals surface area contributed by atoms with Crippen LogP contribution in [0.15, 0.2) is 6.20 Å². The van der Waals surface area contributed by atoms with Crippen molar-refractivity contribution in [3.05, 3.63) is 11.9 Å². The van der Waals surface area contributed by atoms with Crippen molar-refractivity contribution in [2.45, 2.75) is 26.9 Å². The van der Waals surface area contributed by atoms with Crippen LogP contribution in [0, 0.1) is 0 Å². The fraction of sp³-hybridized carbons (Fsp3) is 0.692. The number of hydrogen-bond donors (Lipinski definition) is 1. The second-order valence-corrected chi connectivity index (χ2v) is 5.07. The molecule has 8 nitrogen and oxygen atoms in total. The molecule has 1 N–H and O–H groups in total. The number of nitrogens with one attached hydrogen (secondary N) is 1. The second kappa shape index (κ2) is 7.16. The van der Waals surface area contributed by atoms with Crippen LogP contribution < -0.4 is 5.32 Å². The van der Waals surface area contributed by atoms with E-state index >= 15 is 0 Å². The molecule has 1 aliphatic heterocycles. The highest BCUT2D eigenvalue weighted by molar-refractivity contribution is 5.77. The van der Waals surface area contributed by atoms with Crippen LogP contribution in [0.25, 0.3) is 0 Å². The first-order valence-electron chi connectivity index (χ1n) is 7.23. The van der Waals surface area contributed by atoms with Gasteiger partial charge in [0.25, 0.3) is 0 Å². The topological polar surface area (TPSA) is 83.4 Å². The van der Waals surface area contributed by atoms with E-state index in [1.807, 2.05) is 6.92 Å². The molecule has 0 spiro atoms. The SMILES string of the molecule is CCNCc1cn(CC(=O)N2CCN(C(C)=O)CC2)nn1. The first-order valence-corrected chi connectivity index (χ1v) is 7.23. The van der Waals surface area contributed by atoms with Crippen molar-refractivity contribution in [1.82, 2.24) is 30.1 Å². The Morgan fingerprint density at radius 1 is 1.24 bits per heavy atom. The monoisotopic (exact) mass is 294 g/mol. The van der Waals surface area contributed by atoms with Crippen molar-refractivity contribution in [3.63, 3.8) is 0 Å². The third kappa shape index (κ3) is 4.25. The zero-order valence-corrected chi connectivity index (χ0v) is 12.6. The maximum absolute atomic E-state index is 12.2. The smallest absolute Gasteiger partial charge is 0.244 e. The molecule has 8 heteroatoms. The van der Waals surface area contributed by atoms with Gasteiger partial charge in [-0.15, -0.1) is 5.10 Å². The minimum Gasteiger partial charge on any atom is -0.339 e. The molecule has 0 unspecified atom stereocenters. The van der Waals surface area contributed by atoms with Gasteiger partial charge >= 0.3 is 0 Å². The summed E-state index contributed by atoms with van der Waals surface area (Å²) >= 11 is 0. The van der Waals surface area contributed by atoms with Gasteiger partial charge in [0.05, 0.1) is 11.9 Å². The molecule has 1 aromatic heterocycles. The van der Waals surface area contributed by atoms with Crippen LogP contribution in [0.4, 0.5) is 0 Å². The van der Waals surface area contributed by atoms with E-state index in [2.05, 4.69) is 15.6 Å². The minimum atomic E-state index is 0.0121. The summed E-state index contributed by atoms with van der Waals surface area (Å²) in [4.78, 5) is 27.0. The number of rotatable bonds is 5. The molecule has 0 radical (unpaired) electrons. The van der Waals surface area contributed by atoms with Gasteiger partial charge in [-0.3, -0.25) is 9.59 Å². The van der Waals surface area contributed by atoms with Crippen molar-refractivity contribution in [3.8, 4) is 0 Å². The van der Waals surface area contributed by atoms with Crippen molar-refractivity contribution in [1.29, 1.82) is 0 Å². The standard InChI is InChI=1S/C13H22N6O2/c1-3-14-8-12-9-19(16-15-12)10-13(21)18-6-4-17(5-7-18)11(2)20/h9,14H,3-8,10H2,1-2H3. The molecule has 2 rings (SSSR count). The second-order valence-electron chi connectivity index (χ2n) is 5.07. The highest BCUT2D eigenvalue weighted by Crippen LogP contribution is 2.04. The average molecular weight is 294 g/mol. The van der Waals surface area contributed by atoms with Crippen molar-refractivity contribution in [2.75, 3.05) is 32.7 Å². The largest absolute Gasteiger partial charge is 0.339 e. The van der Waals surface area contributed by atoms with E-state index in [0.29, 0.717) is 32.7 Å². The van der Waals surface area contributed by atoms with Gasteiger partial charge in [0.2, 0.25) is 11.8 Å². The first-order chi connectivity index (χ1) is 10.1. The van der Waals surface area contributed by atoms with Gasteiger partial charge in [-0.25, -0.2) is 4.68 Å². The number of aromatic nitrogens is 3. The number of carbonyl (C=O) groups excluding carboxylic acids is 2. The van der Waals surface area contributed by atoms with Gasteiger partial charge < -0.3 is 15.1 Å². The predicted molar refractivity (Wildman–Crippen MR) is 76.2 cm³/mol. The predicted octanol–water partition coefficient (Wildman–Crippen LogP) is -0.922. The Balaban J connectivity index is 1.82. The van der Waals surface area contributed by atoms with Crippen molar-refractivity contribution in [2.24, 2.45) is 0 Å². The normalized spacial score (nSPS) is 15.3. The van der Waals surface area contributed by atoms with Crippen LogP contribution in [0.3, 0.4) is 0 Å². The van der Waals surface area contributed by atoms with Crippen LogP contribution in [0.1, 0.15) is 19.5 Å². The quantitative estimate of drug-likeness (QED) is 0.759. The summed E-state index contributed by atoms with van der Waals surface area (Å²) in [7, 11) is 0. The van der Waals surface area contributed by atoms with Gasteiger partial charge in [0, 0.05) is 39.6 Å². The van der Waals surface area contributed by atoms with Crippen LogP contribution >= 0.6 is 0 Å². The summed E-state index contributed by atoms with van der Waals surface area (Å²) in [6.45, 7) is 7.66. The molecule has 0 atom stereocenters. The zero-order valence-electron chi connectivity index (χ0n) is 12.6. The van der Waals surface area contributed by atoms with Crippen LogP contribution in [0.5, 0.6) is 0 Å². The Morgan fingerprint density at radius 2 is 1.90 bits per heavy atom. The van der Waals surface area contributed by atoms with Crippen LogP contribution in [-0.2, 0) is 22.7 Å². The molecular formula is C13H22N6O2. The van der Waals surface area contributed by atoms with Gasteiger partial charge in [0.15, 0.2) is 0 Å². The Morgan fingerprint density at radius 3 is 2.52 bits per heavy atom. The van der Waals surface area contributed by atoms with E-state index in [9.17, 15) is 9.59 Å². The van der Waals surface area contributed by atoms with E-state index < -0.39 is 0 Å². The maximum atomic E-state index is 12.2. The summed E-state index contributed by atoms with van der Waals surface area (Å²) in [6.07, 6.45) is 1.78. The Kier molecular flexibility index (Phi) is 5.26. The van der Waals surface area contributed by atoms with E-state index in [0.717, 1.165) is 12.2 Å². The lowest BCUT2D eigenvalue weighted by atomic mass is 10.3. The summed E-state index contributed by atoms with van der Waals surface area (Å²) in [5.74, 6) is 0.0737. The fourth-order valence-corrected chi connectivity index (χ4v) is 2.26. The summed E-state index contributed by atoms with van der Waals surface area (Å²) < 4.78 is 1.56.